The minimum atomic E-state index is -0.395. The van der Waals surface area contributed by atoms with Gasteiger partial charge in [0, 0.05) is 16.1 Å². The van der Waals surface area contributed by atoms with Crippen molar-refractivity contribution < 1.29 is 19.0 Å². The van der Waals surface area contributed by atoms with Crippen LogP contribution in [0.25, 0.3) is 0 Å². The van der Waals surface area contributed by atoms with E-state index < -0.39 is 5.91 Å². The van der Waals surface area contributed by atoms with Crippen molar-refractivity contribution in [2.75, 3.05) is 7.11 Å². The van der Waals surface area contributed by atoms with Gasteiger partial charge in [0.2, 0.25) is 0 Å². The fourth-order valence-electron chi connectivity index (χ4n) is 3.38. The smallest absolute Gasteiger partial charge is 0.271 e. The van der Waals surface area contributed by atoms with Crippen LogP contribution in [0.1, 0.15) is 27.0 Å². The first-order valence-corrected chi connectivity index (χ1v) is 11.6. The molecule has 0 aromatic heterocycles. The van der Waals surface area contributed by atoms with E-state index in [1.54, 1.807) is 36.4 Å². The molecular weight excluding hydrogens is 476 g/mol. The Kier molecular flexibility index (Phi) is 8.57. The molecule has 0 saturated carbocycles. The fraction of sp³-hybridized carbons (Fsp3) is 0.103. The summed E-state index contributed by atoms with van der Waals surface area (Å²) in [6, 6.07) is 29.8. The molecule has 0 aliphatic rings. The third-order valence-electron chi connectivity index (χ3n) is 5.24. The van der Waals surface area contributed by atoms with Gasteiger partial charge in [-0.2, -0.15) is 5.10 Å². The van der Waals surface area contributed by atoms with Crippen molar-refractivity contribution in [2.45, 2.75) is 13.2 Å². The Labute approximate surface area is 215 Å². The van der Waals surface area contributed by atoms with Crippen LogP contribution in [-0.4, -0.2) is 19.2 Å². The van der Waals surface area contributed by atoms with E-state index >= 15 is 0 Å². The summed E-state index contributed by atoms with van der Waals surface area (Å²) >= 11 is 6.15. The van der Waals surface area contributed by atoms with Crippen molar-refractivity contribution in [2.24, 2.45) is 5.10 Å². The van der Waals surface area contributed by atoms with Crippen LogP contribution in [0.2, 0.25) is 5.02 Å². The summed E-state index contributed by atoms with van der Waals surface area (Å²) in [5.41, 5.74) is 5.62. The van der Waals surface area contributed by atoms with Crippen molar-refractivity contribution in [3.8, 4) is 17.2 Å². The van der Waals surface area contributed by atoms with Crippen LogP contribution in [0, 0.1) is 0 Å². The highest BCUT2D eigenvalue weighted by atomic mass is 35.5. The first-order chi connectivity index (χ1) is 17.6. The fourth-order valence-corrected chi connectivity index (χ4v) is 3.56. The molecule has 0 fully saturated rings. The molecule has 4 rings (SSSR count). The third kappa shape index (κ3) is 6.87. The van der Waals surface area contributed by atoms with Crippen LogP contribution in [0.15, 0.2) is 102 Å². The molecule has 0 aliphatic carbocycles. The molecule has 4 aromatic rings. The molecule has 1 N–H and O–H groups in total. The van der Waals surface area contributed by atoms with Gasteiger partial charge in [-0.15, -0.1) is 0 Å². The van der Waals surface area contributed by atoms with E-state index in [0.29, 0.717) is 46.6 Å². The van der Waals surface area contributed by atoms with Gasteiger partial charge in [-0.05, 0) is 47.5 Å². The second-order valence-electron chi connectivity index (χ2n) is 7.80. The Hall–Kier alpha value is -4.29. The molecule has 1 amide bonds. The number of ether oxygens (including phenoxy) is 3. The van der Waals surface area contributed by atoms with E-state index in [2.05, 4.69) is 10.5 Å². The lowest BCUT2D eigenvalue weighted by Crippen LogP contribution is -2.17. The first kappa shape index (κ1) is 24.8. The minimum absolute atomic E-state index is 0.378. The summed E-state index contributed by atoms with van der Waals surface area (Å²) in [4.78, 5) is 12.7. The number of benzene rings is 4. The van der Waals surface area contributed by atoms with Gasteiger partial charge in [0.05, 0.1) is 13.3 Å². The maximum atomic E-state index is 12.7. The summed E-state index contributed by atoms with van der Waals surface area (Å²) in [5, 5.41) is 4.63. The number of carbonyl (C=O) groups excluding carboxylic acids is 1. The molecule has 4 aromatic carbocycles. The van der Waals surface area contributed by atoms with E-state index in [-0.39, 0.29) is 0 Å². The number of nitrogens with zero attached hydrogens (tertiary/aromatic N) is 1. The number of amides is 1. The normalized spacial score (nSPS) is 10.7. The topological polar surface area (TPSA) is 69.2 Å². The number of hydrogen-bond donors (Lipinski definition) is 1. The Bertz CT molecular complexity index is 1330. The monoisotopic (exact) mass is 500 g/mol. The zero-order chi connectivity index (χ0) is 25.2. The quantitative estimate of drug-likeness (QED) is 0.206. The average molecular weight is 501 g/mol. The summed E-state index contributed by atoms with van der Waals surface area (Å²) in [6.07, 6.45) is 1.50. The number of hydrazone groups is 1. The van der Waals surface area contributed by atoms with Gasteiger partial charge in [0.15, 0.2) is 11.5 Å². The summed E-state index contributed by atoms with van der Waals surface area (Å²) < 4.78 is 17.2. The standard InChI is InChI=1S/C29H25ClN2O4/c1-34-28-17-23(12-14-27(28)36-20-22-10-6-3-7-11-22)29(33)32-31-18-24-16-25(30)13-15-26(24)35-19-21-8-4-2-5-9-21/h2-18H,19-20H2,1H3,(H,32,33)/b31-18+. The molecule has 0 saturated heterocycles. The van der Waals surface area contributed by atoms with Crippen molar-refractivity contribution in [3.05, 3.63) is 124 Å². The molecule has 0 bridgehead atoms. The molecule has 7 heteroatoms. The van der Waals surface area contributed by atoms with Gasteiger partial charge >= 0.3 is 0 Å². The van der Waals surface area contributed by atoms with Gasteiger partial charge in [0.1, 0.15) is 19.0 Å². The highest BCUT2D eigenvalue weighted by Gasteiger charge is 2.11. The van der Waals surface area contributed by atoms with E-state index in [0.717, 1.165) is 11.1 Å². The van der Waals surface area contributed by atoms with Crippen LogP contribution in [0.5, 0.6) is 17.2 Å². The predicted molar refractivity (Wildman–Crippen MR) is 141 cm³/mol. The lowest BCUT2D eigenvalue weighted by Gasteiger charge is -2.12. The maximum absolute atomic E-state index is 12.7. The van der Waals surface area contributed by atoms with E-state index in [1.807, 2.05) is 60.7 Å². The van der Waals surface area contributed by atoms with Crippen LogP contribution < -0.4 is 19.6 Å². The summed E-state index contributed by atoms with van der Waals surface area (Å²) in [6.45, 7) is 0.787. The molecular formula is C29H25ClN2O4. The first-order valence-electron chi connectivity index (χ1n) is 11.3. The van der Waals surface area contributed by atoms with Crippen molar-refractivity contribution in [3.63, 3.8) is 0 Å². The molecule has 0 atom stereocenters. The van der Waals surface area contributed by atoms with Gasteiger partial charge < -0.3 is 14.2 Å². The van der Waals surface area contributed by atoms with Crippen molar-refractivity contribution in [1.82, 2.24) is 5.43 Å². The lowest BCUT2D eigenvalue weighted by atomic mass is 10.2. The van der Waals surface area contributed by atoms with E-state index in [9.17, 15) is 4.79 Å². The Morgan fingerprint density at radius 2 is 1.42 bits per heavy atom. The number of rotatable bonds is 10. The summed E-state index contributed by atoms with van der Waals surface area (Å²) in [5.74, 6) is 1.20. The molecule has 0 radical (unpaired) electrons. The second-order valence-corrected chi connectivity index (χ2v) is 8.23. The maximum Gasteiger partial charge on any atom is 0.271 e. The zero-order valence-electron chi connectivity index (χ0n) is 19.7. The Morgan fingerprint density at radius 3 is 2.06 bits per heavy atom. The highest BCUT2D eigenvalue weighted by molar-refractivity contribution is 6.30. The number of carbonyl (C=O) groups is 1. The van der Waals surface area contributed by atoms with Crippen LogP contribution in [0.4, 0.5) is 0 Å². The van der Waals surface area contributed by atoms with Gasteiger partial charge in [-0.1, -0.05) is 72.3 Å². The molecule has 0 aliphatic heterocycles. The molecule has 0 spiro atoms. The number of nitrogens with one attached hydrogen (secondary N) is 1. The SMILES string of the molecule is COc1cc(C(=O)N/N=C/c2cc(Cl)ccc2OCc2ccccc2)ccc1OCc1ccccc1. The molecule has 0 unspecified atom stereocenters. The summed E-state index contributed by atoms with van der Waals surface area (Å²) in [7, 11) is 1.53. The second kappa shape index (κ2) is 12.4. The molecule has 182 valence electrons. The Morgan fingerprint density at radius 1 is 0.806 bits per heavy atom. The van der Waals surface area contributed by atoms with E-state index in [4.69, 9.17) is 25.8 Å². The third-order valence-corrected chi connectivity index (χ3v) is 5.48. The lowest BCUT2D eigenvalue weighted by molar-refractivity contribution is 0.0954. The molecule has 6 nitrogen and oxygen atoms in total. The van der Waals surface area contributed by atoms with E-state index in [1.165, 1.54) is 13.3 Å². The van der Waals surface area contributed by atoms with Crippen LogP contribution >= 0.6 is 11.6 Å². The van der Waals surface area contributed by atoms with Crippen LogP contribution in [0.3, 0.4) is 0 Å². The van der Waals surface area contributed by atoms with Gasteiger partial charge in [-0.25, -0.2) is 5.43 Å². The predicted octanol–water partition coefficient (Wildman–Crippen LogP) is 6.27. The molecule has 36 heavy (non-hydrogen) atoms. The molecule has 0 heterocycles. The van der Waals surface area contributed by atoms with Crippen molar-refractivity contribution >= 4 is 23.7 Å². The largest absolute Gasteiger partial charge is 0.493 e. The van der Waals surface area contributed by atoms with Crippen molar-refractivity contribution in [1.29, 1.82) is 0 Å². The van der Waals surface area contributed by atoms with Crippen LogP contribution in [-0.2, 0) is 13.2 Å². The average Bonchev–Trinajstić information content (AvgIpc) is 2.92. The zero-order valence-corrected chi connectivity index (χ0v) is 20.4. The van der Waals surface area contributed by atoms with Gasteiger partial charge in [0.25, 0.3) is 5.91 Å². The highest BCUT2D eigenvalue weighted by Crippen LogP contribution is 2.29. The Balaban J connectivity index is 1.40. The number of hydrogen-bond acceptors (Lipinski definition) is 5. The number of halogens is 1. The number of methoxy groups -OCH3 is 1. The minimum Gasteiger partial charge on any atom is -0.493 e. The van der Waals surface area contributed by atoms with Gasteiger partial charge in [-0.3, -0.25) is 4.79 Å².